The Balaban J connectivity index is 2.76. The zero-order chi connectivity index (χ0) is 12.8. The molecular formula is C12H13Cl2NOS. The van der Waals surface area contributed by atoms with Crippen molar-refractivity contribution in [3.63, 3.8) is 0 Å². The number of thiocyanates is 1. The summed E-state index contributed by atoms with van der Waals surface area (Å²) in [4.78, 5) is 0. The molecule has 5 heteroatoms. The molecule has 0 amide bonds. The monoisotopic (exact) mass is 289 g/mol. The van der Waals surface area contributed by atoms with Crippen molar-refractivity contribution in [2.75, 3.05) is 12.9 Å². The Bertz CT molecular complexity index is 408. The highest BCUT2D eigenvalue weighted by Crippen LogP contribution is 2.34. The molecule has 1 atom stereocenters. The number of methoxy groups -OCH3 is 1. The van der Waals surface area contributed by atoms with Gasteiger partial charge in [-0.25, -0.2) is 0 Å². The lowest BCUT2D eigenvalue weighted by Crippen LogP contribution is -2.02. The normalized spacial score (nSPS) is 11.9. The van der Waals surface area contributed by atoms with Gasteiger partial charge in [-0.05, 0) is 41.8 Å². The van der Waals surface area contributed by atoms with Crippen molar-refractivity contribution in [2.45, 2.75) is 13.3 Å². The predicted octanol–water partition coefficient (Wildman–Crippen LogP) is 4.39. The van der Waals surface area contributed by atoms with Crippen LogP contribution in [-0.2, 0) is 6.42 Å². The molecule has 0 saturated carbocycles. The first-order valence-corrected chi connectivity index (χ1v) is 6.85. The first-order chi connectivity index (χ1) is 8.08. The number of ether oxygens (including phenoxy) is 1. The number of thioether (sulfide) groups is 1. The van der Waals surface area contributed by atoms with Gasteiger partial charge in [0.1, 0.15) is 5.40 Å². The number of rotatable bonds is 5. The van der Waals surface area contributed by atoms with Crippen LogP contribution >= 0.6 is 35.0 Å². The second-order valence-corrected chi connectivity index (χ2v) is 5.42. The van der Waals surface area contributed by atoms with Crippen LogP contribution in [0.15, 0.2) is 12.1 Å². The topological polar surface area (TPSA) is 33.0 Å². The van der Waals surface area contributed by atoms with Gasteiger partial charge in [0.05, 0.1) is 17.2 Å². The molecule has 92 valence electrons. The molecule has 0 aliphatic heterocycles. The fourth-order valence-electron chi connectivity index (χ4n) is 1.57. The van der Waals surface area contributed by atoms with Gasteiger partial charge < -0.3 is 4.74 Å². The summed E-state index contributed by atoms with van der Waals surface area (Å²) >= 11 is 13.4. The summed E-state index contributed by atoms with van der Waals surface area (Å²) in [6.07, 6.45) is 0.845. The van der Waals surface area contributed by atoms with Crippen LogP contribution in [0.3, 0.4) is 0 Å². The lowest BCUT2D eigenvalue weighted by atomic mass is 10.0. The summed E-state index contributed by atoms with van der Waals surface area (Å²) in [6, 6.07) is 3.72. The Labute approximate surface area is 116 Å². The van der Waals surface area contributed by atoms with Gasteiger partial charge in [-0.15, -0.1) is 0 Å². The molecule has 17 heavy (non-hydrogen) atoms. The van der Waals surface area contributed by atoms with Crippen molar-refractivity contribution in [1.82, 2.24) is 0 Å². The fraction of sp³-hybridized carbons (Fsp3) is 0.417. The number of halogens is 2. The van der Waals surface area contributed by atoms with E-state index >= 15 is 0 Å². The summed E-state index contributed by atoms with van der Waals surface area (Å²) in [5.41, 5.74) is 1.06. The van der Waals surface area contributed by atoms with Gasteiger partial charge in [-0.3, -0.25) is 0 Å². The molecule has 0 aromatic heterocycles. The third-order valence-corrected chi connectivity index (χ3v) is 3.71. The van der Waals surface area contributed by atoms with Crippen molar-refractivity contribution in [3.05, 3.63) is 27.7 Å². The van der Waals surface area contributed by atoms with E-state index < -0.39 is 0 Å². The number of nitriles is 1. The fourth-order valence-corrected chi connectivity index (χ4v) is 2.73. The highest BCUT2D eigenvalue weighted by atomic mass is 35.5. The van der Waals surface area contributed by atoms with Crippen LogP contribution in [0.25, 0.3) is 0 Å². The van der Waals surface area contributed by atoms with Crippen molar-refractivity contribution in [2.24, 2.45) is 5.92 Å². The Morgan fingerprint density at radius 3 is 2.47 bits per heavy atom. The van der Waals surface area contributed by atoms with Gasteiger partial charge in [0.2, 0.25) is 0 Å². The maximum Gasteiger partial charge on any atom is 0.156 e. The van der Waals surface area contributed by atoms with Crippen LogP contribution in [0.5, 0.6) is 5.75 Å². The lowest BCUT2D eigenvalue weighted by molar-refractivity contribution is 0.415. The standard InChI is InChI=1S/C12H13Cl2NOS/c1-8(6-17-7-15)3-9-4-10(13)12(16-2)11(14)5-9/h4-5,8H,3,6H2,1-2H3. The van der Waals surface area contributed by atoms with E-state index in [4.69, 9.17) is 33.2 Å². The number of hydrogen-bond acceptors (Lipinski definition) is 3. The second-order valence-electron chi connectivity index (χ2n) is 3.80. The van der Waals surface area contributed by atoms with Gasteiger partial charge in [-0.2, -0.15) is 5.26 Å². The van der Waals surface area contributed by atoms with E-state index in [2.05, 4.69) is 12.3 Å². The molecule has 1 unspecified atom stereocenters. The maximum absolute atomic E-state index is 8.49. The molecule has 0 fully saturated rings. The Morgan fingerprint density at radius 1 is 1.41 bits per heavy atom. The molecule has 0 aliphatic carbocycles. The van der Waals surface area contributed by atoms with Crippen LogP contribution in [0, 0.1) is 16.6 Å². The lowest BCUT2D eigenvalue weighted by Gasteiger charge is -2.12. The van der Waals surface area contributed by atoms with E-state index in [-0.39, 0.29) is 0 Å². The molecule has 0 N–H and O–H groups in total. The molecular weight excluding hydrogens is 277 g/mol. The average Bonchev–Trinajstić information content (AvgIpc) is 2.26. The van der Waals surface area contributed by atoms with E-state index in [1.807, 2.05) is 12.1 Å². The molecule has 0 heterocycles. The molecule has 0 radical (unpaired) electrons. The van der Waals surface area contributed by atoms with E-state index in [1.165, 1.54) is 11.8 Å². The summed E-state index contributed by atoms with van der Waals surface area (Å²) in [6.45, 7) is 2.09. The first-order valence-electron chi connectivity index (χ1n) is 5.11. The first kappa shape index (κ1) is 14.5. The Morgan fingerprint density at radius 2 is 2.00 bits per heavy atom. The molecule has 0 bridgehead atoms. The number of benzene rings is 1. The zero-order valence-electron chi connectivity index (χ0n) is 9.67. The zero-order valence-corrected chi connectivity index (χ0v) is 12.0. The Hall–Kier alpha value is -0.560. The van der Waals surface area contributed by atoms with Crippen molar-refractivity contribution < 1.29 is 4.74 Å². The van der Waals surface area contributed by atoms with Crippen molar-refractivity contribution in [1.29, 1.82) is 5.26 Å². The van der Waals surface area contributed by atoms with Crippen LogP contribution in [-0.4, -0.2) is 12.9 Å². The molecule has 0 saturated heterocycles. The minimum absolute atomic E-state index is 0.403. The summed E-state index contributed by atoms with van der Waals surface area (Å²) in [5, 5.41) is 11.6. The quantitative estimate of drug-likeness (QED) is 0.754. The van der Waals surface area contributed by atoms with E-state index in [1.54, 1.807) is 7.11 Å². The van der Waals surface area contributed by atoms with Crippen LogP contribution < -0.4 is 4.74 Å². The average molecular weight is 290 g/mol. The number of nitrogens with zero attached hydrogens (tertiary/aromatic N) is 1. The molecule has 1 aromatic carbocycles. The molecule has 0 aliphatic rings. The third kappa shape index (κ3) is 4.31. The van der Waals surface area contributed by atoms with E-state index in [0.717, 1.165) is 17.7 Å². The van der Waals surface area contributed by atoms with Gasteiger partial charge in [0, 0.05) is 5.75 Å². The van der Waals surface area contributed by atoms with E-state index in [0.29, 0.717) is 21.7 Å². The summed E-state index contributed by atoms with van der Waals surface area (Å²) in [7, 11) is 1.54. The van der Waals surface area contributed by atoms with Gasteiger partial charge in [-0.1, -0.05) is 30.1 Å². The second kappa shape index (κ2) is 7.00. The largest absolute Gasteiger partial charge is 0.494 e. The van der Waals surface area contributed by atoms with Crippen LogP contribution in [0.1, 0.15) is 12.5 Å². The molecule has 2 nitrogen and oxygen atoms in total. The third-order valence-electron chi connectivity index (χ3n) is 2.28. The minimum atomic E-state index is 0.403. The Kier molecular flexibility index (Phi) is 5.97. The summed E-state index contributed by atoms with van der Waals surface area (Å²) < 4.78 is 5.09. The molecule has 0 spiro atoms. The minimum Gasteiger partial charge on any atom is -0.494 e. The van der Waals surface area contributed by atoms with Gasteiger partial charge >= 0.3 is 0 Å². The van der Waals surface area contributed by atoms with Gasteiger partial charge in [0.25, 0.3) is 0 Å². The molecule has 1 aromatic rings. The van der Waals surface area contributed by atoms with Crippen LogP contribution in [0.4, 0.5) is 0 Å². The maximum atomic E-state index is 8.49. The molecule has 1 rings (SSSR count). The van der Waals surface area contributed by atoms with Crippen molar-refractivity contribution in [3.8, 4) is 11.2 Å². The summed E-state index contributed by atoms with van der Waals surface area (Å²) in [5.74, 6) is 1.72. The highest BCUT2D eigenvalue weighted by molar-refractivity contribution is 8.03. The van der Waals surface area contributed by atoms with Crippen LogP contribution in [0.2, 0.25) is 10.0 Å². The smallest absolute Gasteiger partial charge is 0.156 e. The predicted molar refractivity (Wildman–Crippen MR) is 74.0 cm³/mol. The van der Waals surface area contributed by atoms with Crippen molar-refractivity contribution >= 4 is 35.0 Å². The van der Waals surface area contributed by atoms with E-state index in [9.17, 15) is 0 Å². The SMILES string of the molecule is COc1c(Cl)cc(CC(C)CSC#N)cc1Cl. The number of hydrogen-bond donors (Lipinski definition) is 0. The highest BCUT2D eigenvalue weighted by Gasteiger charge is 2.11. The van der Waals surface area contributed by atoms with Gasteiger partial charge in [0.15, 0.2) is 5.75 Å².